The van der Waals surface area contributed by atoms with Crippen LogP contribution in [0.5, 0.6) is 0 Å². The minimum absolute atomic E-state index is 0.0650. The number of aliphatic imine (C=N–C) groups is 1. The van der Waals surface area contributed by atoms with Crippen molar-refractivity contribution in [2.24, 2.45) is 4.99 Å². The second-order valence-corrected chi connectivity index (χ2v) is 9.20. The molecule has 0 saturated heterocycles. The lowest BCUT2D eigenvalue weighted by Crippen LogP contribution is -2.31. The fraction of sp³-hybridized carbons (Fsp3) is 0.364. The number of nitrogens with zero attached hydrogens (tertiary/aromatic N) is 4. The van der Waals surface area contributed by atoms with Crippen LogP contribution in [0.15, 0.2) is 29.3 Å². The molecule has 1 amide bonds. The van der Waals surface area contributed by atoms with Crippen molar-refractivity contribution in [3.05, 3.63) is 62.5 Å². The number of halogens is 1. The van der Waals surface area contributed by atoms with E-state index in [1.807, 2.05) is 38.2 Å². The summed E-state index contributed by atoms with van der Waals surface area (Å²) in [6.45, 7) is 7.43. The lowest BCUT2D eigenvalue weighted by Gasteiger charge is -2.13. The van der Waals surface area contributed by atoms with Gasteiger partial charge in [0.25, 0.3) is 0 Å². The highest BCUT2D eigenvalue weighted by atomic mass is 35.5. The Labute approximate surface area is 190 Å². The maximum atomic E-state index is 12.7. The molecular formula is C22H25ClN6OS. The molecule has 31 heavy (non-hydrogen) atoms. The van der Waals surface area contributed by atoms with Crippen molar-refractivity contribution in [2.45, 2.75) is 33.2 Å². The summed E-state index contributed by atoms with van der Waals surface area (Å²) in [7, 11) is 1.86. The largest absolute Gasteiger partial charge is 0.355 e. The van der Waals surface area contributed by atoms with E-state index in [9.17, 15) is 4.79 Å². The number of likely N-dealkylation sites (N-methyl/N-ethyl adjacent to an activating group) is 1. The molecule has 0 unspecified atom stereocenters. The van der Waals surface area contributed by atoms with Gasteiger partial charge in [0.05, 0.1) is 12.1 Å². The van der Waals surface area contributed by atoms with Gasteiger partial charge in [-0.1, -0.05) is 23.7 Å². The minimum Gasteiger partial charge on any atom is -0.355 e. The Morgan fingerprint density at radius 3 is 2.61 bits per heavy atom. The molecule has 0 fully saturated rings. The SMILES string of the molecule is CNCCNC(=O)C[C@@H]1N=C(c2ccc(Cl)cc2)c2c(sc(C)c2C)-n2c(C)nnc21. The Kier molecular flexibility index (Phi) is 6.22. The van der Waals surface area contributed by atoms with E-state index in [-0.39, 0.29) is 12.3 Å². The number of rotatable bonds is 6. The monoisotopic (exact) mass is 456 g/mol. The lowest BCUT2D eigenvalue weighted by atomic mass is 9.99. The van der Waals surface area contributed by atoms with E-state index in [4.69, 9.17) is 16.6 Å². The summed E-state index contributed by atoms with van der Waals surface area (Å²) in [5.41, 5.74) is 4.05. The van der Waals surface area contributed by atoms with E-state index in [0.717, 1.165) is 27.7 Å². The molecule has 0 bridgehead atoms. The van der Waals surface area contributed by atoms with Gasteiger partial charge in [0.15, 0.2) is 5.82 Å². The van der Waals surface area contributed by atoms with Crippen LogP contribution < -0.4 is 10.6 Å². The van der Waals surface area contributed by atoms with Gasteiger partial charge < -0.3 is 10.6 Å². The Bertz CT molecular complexity index is 1150. The van der Waals surface area contributed by atoms with Gasteiger partial charge in [-0.15, -0.1) is 21.5 Å². The molecule has 2 aromatic heterocycles. The Balaban J connectivity index is 1.85. The first-order chi connectivity index (χ1) is 14.9. The number of aromatic nitrogens is 3. The smallest absolute Gasteiger partial charge is 0.222 e. The lowest BCUT2D eigenvalue weighted by molar-refractivity contribution is -0.121. The van der Waals surface area contributed by atoms with E-state index in [2.05, 4.69) is 39.2 Å². The Hall–Kier alpha value is -2.55. The molecule has 1 aliphatic rings. The van der Waals surface area contributed by atoms with Gasteiger partial charge in [-0.3, -0.25) is 14.4 Å². The normalized spacial score (nSPS) is 15.1. The van der Waals surface area contributed by atoms with Gasteiger partial charge in [-0.25, -0.2) is 0 Å². The highest BCUT2D eigenvalue weighted by Gasteiger charge is 2.32. The number of carbonyl (C=O) groups is 1. The van der Waals surface area contributed by atoms with E-state index < -0.39 is 6.04 Å². The van der Waals surface area contributed by atoms with Gasteiger partial charge in [0.2, 0.25) is 5.91 Å². The molecule has 1 aliphatic heterocycles. The molecule has 4 rings (SSSR count). The summed E-state index contributed by atoms with van der Waals surface area (Å²) < 4.78 is 2.05. The number of thiophene rings is 1. The molecule has 1 aromatic carbocycles. The molecule has 0 saturated carbocycles. The molecule has 0 spiro atoms. The summed E-state index contributed by atoms with van der Waals surface area (Å²) in [5, 5.41) is 16.4. The highest BCUT2D eigenvalue weighted by Crippen LogP contribution is 2.39. The fourth-order valence-electron chi connectivity index (χ4n) is 3.71. The predicted molar refractivity (Wildman–Crippen MR) is 125 cm³/mol. The number of carbonyl (C=O) groups excluding carboxylic acids is 1. The van der Waals surface area contributed by atoms with Crippen molar-refractivity contribution < 1.29 is 4.79 Å². The van der Waals surface area contributed by atoms with Crippen LogP contribution in [0, 0.1) is 20.8 Å². The Morgan fingerprint density at radius 2 is 1.90 bits per heavy atom. The molecule has 0 aliphatic carbocycles. The number of hydrogen-bond acceptors (Lipinski definition) is 6. The number of fused-ring (bicyclic) bond motifs is 3. The second-order valence-electron chi connectivity index (χ2n) is 7.56. The molecule has 0 radical (unpaired) electrons. The summed E-state index contributed by atoms with van der Waals surface area (Å²) in [4.78, 5) is 19.0. The van der Waals surface area contributed by atoms with Crippen LogP contribution in [0.1, 0.15) is 45.7 Å². The predicted octanol–water partition coefficient (Wildman–Crippen LogP) is 3.53. The Morgan fingerprint density at radius 1 is 1.16 bits per heavy atom. The van der Waals surface area contributed by atoms with Crippen LogP contribution in [0.2, 0.25) is 5.02 Å². The molecule has 3 heterocycles. The van der Waals surface area contributed by atoms with Crippen molar-refractivity contribution in [3.8, 4) is 5.00 Å². The number of benzene rings is 1. The number of aryl methyl sites for hydroxylation is 2. The van der Waals surface area contributed by atoms with E-state index in [1.165, 1.54) is 10.4 Å². The minimum atomic E-state index is -0.444. The molecule has 3 aromatic rings. The number of amides is 1. The number of hydrogen-bond donors (Lipinski definition) is 2. The van der Waals surface area contributed by atoms with E-state index >= 15 is 0 Å². The molecule has 1 atom stereocenters. The molecule has 9 heteroatoms. The third-order valence-electron chi connectivity index (χ3n) is 5.43. The van der Waals surface area contributed by atoms with Gasteiger partial charge in [0.1, 0.15) is 16.9 Å². The third-order valence-corrected chi connectivity index (χ3v) is 6.88. The maximum absolute atomic E-state index is 12.7. The van der Waals surface area contributed by atoms with E-state index in [1.54, 1.807) is 11.3 Å². The van der Waals surface area contributed by atoms with Gasteiger partial charge >= 0.3 is 0 Å². The third kappa shape index (κ3) is 4.15. The van der Waals surface area contributed by atoms with Crippen LogP contribution >= 0.6 is 22.9 Å². The molecule has 2 N–H and O–H groups in total. The molecule has 7 nitrogen and oxygen atoms in total. The topological polar surface area (TPSA) is 84.2 Å². The van der Waals surface area contributed by atoms with Gasteiger partial charge in [-0.05, 0) is 45.5 Å². The summed E-state index contributed by atoms with van der Waals surface area (Å²) in [6, 6.07) is 7.23. The number of nitrogens with one attached hydrogen (secondary N) is 2. The van der Waals surface area contributed by atoms with Crippen LogP contribution in [0.4, 0.5) is 0 Å². The highest BCUT2D eigenvalue weighted by molar-refractivity contribution is 7.15. The van der Waals surface area contributed by atoms with Crippen molar-refractivity contribution >= 4 is 34.6 Å². The van der Waals surface area contributed by atoms with Crippen LogP contribution in [-0.4, -0.2) is 46.5 Å². The van der Waals surface area contributed by atoms with Gasteiger partial charge in [-0.2, -0.15) is 0 Å². The van der Waals surface area contributed by atoms with Crippen LogP contribution in [0.3, 0.4) is 0 Å². The first-order valence-electron chi connectivity index (χ1n) is 10.2. The first kappa shape index (κ1) is 21.7. The average molecular weight is 457 g/mol. The summed E-state index contributed by atoms with van der Waals surface area (Å²) >= 11 is 7.83. The van der Waals surface area contributed by atoms with Gasteiger partial charge in [0, 0.05) is 34.1 Å². The maximum Gasteiger partial charge on any atom is 0.222 e. The molecule has 162 valence electrons. The van der Waals surface area contributed by atoms with Crippen molar-refractivity contribution in [2.75, 3.05) is 20.1 Å². The van der Waals surface area contributed by atoms with E-state index in [0.29, 0.717) is 23.9 Å². The zero-order chi connectivity index (χ0) is 22.1. The standard InChI is InChI=1S/C22H25ClN6OS/c1-12-13(2)31-22-19(12)20(15-5-7-16(23)8-6-15)26-17(11-18(30)25-10-9-24-4)21-28-27-14(3)29(21)22/h5-8,17,24H,9-11H2,1-4H3,(H,25,30)/t17-/m0/s1. The second kappa shape index (κ2) is 8.90. The van der Waals surface area contributed by atoms with Crippen molar-refractivity contribution in [1.29, 1.82) is 0 Å². The first-order valence-corrected chi connectivity index (χ1v) is 11.4. The summed E-state index contributed by atoms with van der Waals surface area (Å²) in [5.74, 6) is 1.41. The zero-order valence-corrected chi connectivity index (χ0v) is 19.6. The molecular weight excluding hydrogens is 432 g/mol. The quantitative estimate of drug-likeness (QED) is 0.556. The van der Waals surface area contributed by atoms with Crippen LogP contribution in [-0.2, 0) is 4.79 Å². The van der Waals surface area contributed by atoms with Crippen molar-refractivity contribution in [3.63, 3.8) is 0 Å². The fourth-order valence-corrected chi connectivity index (χ4v) is 5.05. The zero-order valence-electron chi connectivity index (χ0n) is 18.0. The van der Waals surface area contributed by atoms with Crippen molar-refractivity contribution in [1.82, 2.24) is 25.4 Å². The van der Waals surface area contributed by atoms with Crippen LogP contribution in [0.25, 0.3) is 5.00 Å². The summed E-state index contributed by atoms with van der Waals surface area (Å²) in [6.07, 6.45) is 0.200. The average Bonchev–Trinajstić information content (AvgIpc) is 3.21.